The van der Waals surface area contributed by atoms with Crippen molar-refractivity contribution < 1.29 is 14.3 Å². The van der Waals surface area contributed by atoms with Crippen LogP contribution in [0.3, 0.4) is 0 Å². The van der Waals surface area contributed by atoms with Crippen LogP contribution in [0.4, 0.5) is 0 Å². The van der Waals surface area contributed by atoms with Gasteiger partial charge in [-0.25, -0.2) is 0 Å². The van der Waals surface area contributed by atoms with Gasteiger partial charge in [-0.15, -0.1) is 0 Å². The summed E-state index contributed by atoms with van der Waals surface area (Å²) in [4.78, 5) is 23.1. The first-order valence-corrected chi connectivity index (χ1v) is 6.85. The van der Waals surface area contributed by atoms with Crippen molar-refractivity contribution in [2.24, 2.45) is 0 Å². The van der Waals surface area contributed by atoms with Gasteiger partial charge in [0, 0.05) is 6.54 Å². The summed E-state index contributed by atoms with van der Waals surface area (Å²) in [5.41, 5.74) is 0.957. The summed E-state index contributed by atoms with van der Waals surface area (Å²) in [6, 6.07) is 9.52. The van der Waals surface area contributed by atoms with Gasteiger partial charge >= 0.3 is 5.97 Å². The normalized spacial score (nSPS) is 13.5. The maximum absolute atomic E-state index is 11.9. The van der Waals surface area contributed by atoms with Crippen LogP contribution in [0.25, 0.3) is 0 Å². The van der Waals surface area contributed by atoms with Gasteiger partial charge in [0.05, 0.1) is 13.0 Å². The highest BCUT2D eigenvalue weighted by Crippen LogP contribution is 2.14. The zero-order chi connectivity index (χ0) is 13.5. The fraction of sp³-hybridized carbons (Fsp3) is 0.385. The van der Waals surface area contributed by atoms with E-state index in [0.29, 0.717) is 0 Å². The number of rotatable bonds is 5. The lowest BCUT2D eigenvalue weighted by atomic mass is 10.0. The number of esters is 1. The second kappa shape index (κ2) is 7.35. The predicted molar refractivity (Wildman–Crippen MR) is 77.7 cm³/mol. The summed E-state index contributed by atoms with van der Waals surface area (Å²) in [7, 11) is 1.34. The van der Waals surface area contributed by atoms with Crippen LogP contribution < -0.4 is 5.32 Å². The van der Waals surface area contributed by atoms with E-state index in [0.717, 1.165) is 5.56 Å². The lowest BCUT2D eigenvalue weighted by Gasteiger charge is -2.14. The lowest BCUT2D eigenvalue weighted by Crippen LogP contribution is -2.36. The molecule has 98 valence electrons. The second-order valence-corrected chi connectivity index (χ2v) is 5.37. The Labute approximate surface area is 120 Å². The molecule has 1 aromatic carbocycles. The summed E-state index contributed by atoms with van der Waals surface area (Å²) in [5, 5.41) is 2.75. The smallest absolute Gasteiger partial charge is 0.320 e. The lowest BCUT2D eigenvalue weighted by molar-refractivity contribution is -0.139. The molecule has 0 radical (unpaired) electrons. The molecule has 0 aliphatic heterocycles. The number of carbonyl (C=O) groups is 2. The summed E-state index contributed by atoms with van der Waals surface area (Å²) in [5.74, 6) is -0.650. The molecule has 1 N–H and O–H groups in total. The first-order chi connectivity index (χ1) is 8.56. The molecule has 0 heterocycles. The van der Waals surface area contributed by atoms with E-state index in [2.05, 4.69) is 10.1 Å². The van der Waals surface area contributed by atoms with Gasteiger partial charge in [-0.3, -0.25) is 9.59 Å². The standard InChI is InChI=1S/C13H16INO3/c1-9(10-6-4-3-5-7-10)12(16)15-8-11(14)13(17)18-2/h3-7,9,11H,8H2,1-2H3,(H,15,16). The van der Waals surface area contributed by atoms with Gasteiger partial charge in [0.1, 0.15) is 3.92 Å². The molecule has 0 aromatic heterocycles. The number of alkyl halides is 1. The quantitative estimate of drug-likeness (QED) is 0.495. The van der Waals surface area contributed by atoms with Crippen molar-refractivity contribution >= 4 is 34.5 Å². The van der Waals surface area contributed by atoms with E-state index in [9.17, 15) is 9.59 Å². The predicted octanol–water partition coefficient (Wildman–Crippen LogP) is 1.88. The monoisotopic (exact) mass is 361 g/mol. The Morgan fingerprint density at radius 3 is 2.50 bits per heavy atom. The number of ether oxygens (including phenoxy) is 1. The van der Waals surface area contributed by atoms with Gasteiger partial charge in [-0.05, 0) is 12.5 Å². The number of amides is 1. The van der Waals surface area contributed by atoms with Gasteiger partial charge < -0.3 is 10.1 Å². The van der Waals surface area contributed by atoms with E-state index < -0.39 is 0 Å². The molecule has 1 rings (SSSR count). The van der Waals surface area contributed by atoms with Crippen molar-refractivity contribution in [1.29, 1.82) is 0 Å². The van der Waals surface area contributed by atoms with E-state index in [1.807, 2.05) is 59.8 Å². The zero-order valence-corrected chi connectivity index (χ0v) is 12.5. The number of hydrogen-bond donors (Lipinski definition) is 1. The number of carbonyl (C=O) groups excluding carboxylic acids is 2. The average molecular weight is 361 g/mol. The largest absolute Gasteiger partial charge is 0.468 e. The number of nitrogens with one attached hydrogen (secondary N) is 1. The Kier molecular flexibility index (Phi) is 6.11. The minimum Gasteiger partial charge on any atom is -0.468 e. The SMILES string of the molecule is COC(=O)C(I)CNC(=O)C(C)c1ccccc1. The Hall–Kier alpha value is -1.11. The second-order valence-electron chi connectivity index (χ2n) is 3.87. The minimum atomic E-state index is -0.362. The van der Waals surface area contributed by atoms with Crippen molar-refractivity contribution in [2.75, 3.05) is 13.7 Å². The van der Waals surface area contributed by atoms with Crippen molar-refractivity contribution in [1.82, 2.24) is 5.32 Å². The molecule has 0 aliphatic rings. The first-order valence-electron chi connectivity index (χ1n) is 5.60. The molecule has 0 spiro atoms. The molecule has 1 aromatic rings. The number of benzene rings is 1. The van der Waals surface area contributed by atoms with E-state index in [-0.39, 0.29) is 28.3 Å². The van der Waals surface area contributed by atoms with Crippen molar-refractivity contribution in [3.8, 4) is 0 Å². The molecule has 2 atom stereocenters. The summed E-state index contributed by atoms with van der Waals surface area (Å²) in [6.45, 7) is 2.12. The van der Waals surface area contributed by atoms with Crippen LogP contribution >= 0.6 is 22.6 Å². The molecule has 0 bridgehead atoms. The number of methoxy groups -OCH3 is 1. The van der Waals surface area contributed by atoms with Crippen LogP contribution in [0.1, 0.15) is 18.4 Å². The van der Waals surface area contributed by atoms with E-state index >= 15 is 0 Å². The van der Waals surface area contributed by atoms with E-state index in [1.165, 1.54) is 7.11 Å². The third-order valence-corrected chi connectivity index (χ3v) is 3.55. The Bertz CT molecular complexity index is 408. The highest BCUT2D eigenvalue weighted by molar-refractivity contribution is 14.1. The Morgan fingerprint density at radius 2 is 1.94 bits per heavy atom. The van der Waals surface area contributed by atoms with Gasteiger partial charge in [0.25, 0.3) is 0 Å². The summed E-state index contributed by atoms with van der Waals surface area (Å²) >= 11 is 1.95. The van der Waals surface area contributed by atoms with Crippen LogP contribution in [0.5, 0.6) is 0 Å². The summed E-state index contributed by atoms with van der Waals surface area (Å²) in [6.07, 6.45) is 0. The molecule has 18 heavy (non-hydrogen) atoms. The van der Waals surface area contributed by atoms with Crippen molar-refractivity contribution in [3.05, 3.63) is 35.9 Å². The average Bonchev–Trinajstić information content (AvgIpc) is 2.43. The van der Waals surface area contributed by atoms with E-state index in [4.69, 9.17) is 0 Å². The highest BCUT2D eigenvalue weighted by atomic mass is 127. The molecule has 0 fully saturated rings. The fourth-order valence-corrected chi connectivity index (χ4v) is 1.92. The molecule has 2 unspecified atom stereocenters. The van der Waals surface area contributed by atoms with Gasteiger partial charge in [-0.1, -0.05) is 52.9 Å². The van der Waals surface area contributed by atoms with Crippen molar-refractivity contribution in [3.63, 3.8) is 0 Å². The van der Waals surface area contributed by atoms with Crippen LogP contribution in [0.2, 0.25) is 0 Å². The maximum atomic E-state index is 11.9. The third kappa shape index (κ3) is 4.29. The van der Waals surface area contributed by atoms with Crippen LogP contribution in [-0.2, 0) is 14.3 Å². The van der Waals surface area contributed by atoms with Gasteiger partial charge in [-0.2, -0.15) is 0 Å². The molecular weight excluding hydrogens is 345 g/mol. The van der Waals surface area contributed by atoms with Crippen LogP contribution in [0.15, 0.2) is 30.3 Å². The molecule has 5 heteroatoms. The Balaban J connectivity index is 2.49. The zero-order valence-electron chi connectivity index (χ0n) is 10.4. The molecule has 0 saturated carbocycles. The number of hydrogen-bond acceptors (Lipinski definition) is 3. The molecule has 1 amide bonds. The molecule has 0 aliphatic carbocycles. The van der Waals surface area contributed by atoms with Gasteiger partial charge in [0.15, 0.2) is 0 Å². The van der Waals surface area contributed by atoms with Crippen molar-refractivity contribution in [2.45, 2.75) is 16.8 Å². The first kappa shape index (κ1) is 14.9. The highest BCUT2D eigenvalue weighted by Gasteiger charge is 2.19. The third-order valence-electron chi connectivity index (χ3n) is 2.61. The minimum absolute atomic E-state index is 0.0910. The fourth-order valence-electron chi connectivity index (χ4n) is 1.45. The Morgan fingerprint density at radius 1 is 1.33 bits per heavy atom. The van der Waals surface area contributed by atoms with E-state index in [1.54, 1.807) is 0 Å². The molecule has 0 saturated heterocycles. The van der Waals surface area contributed by atoms with Gasteiger partial charge in [0.2, 0.25) is 5.91 Å². The summed E-state index contributed by atoms with van der Waals surface area (Å²) < 4.78 is 4.23. The topological polar surface area (TPSA) is 55.4 Å². The van der Waals surface area contributed by atoms with Crippen LogP contribution in [-0.4, -0.2) is 29.5 Å². The molecule has 4 nitrogen and oxygen atoms in total. The number of halogens is 1. The molecular formula is C13H16INO3. The maximum Gasteiger partial charge on any atom is 0.320 e. The van der Waals surface area contributed by atoms with Crippen LogP contribution in [0, 0.1) is 0 Å².